The number of hydrogen-bond donors (Lipinski definition) is 1. The van der Waals surface area contributed by atoms with Crippen LogP contribution < -0.4 is 0 Å². The molecule has 0 aliphatic carbocycles. The van der Waals surface area contributed by atoms with E-state index in [4.69, 9.17) is 5.11 Å². The fourth-order valence-corrected chi connectivity index (χ4v) is 1.66. The zero-order chi connectivity index (χ0) is 14.9. The average Bonchev–Trinajstić information content (AvgIpc) is 2.90. The summed E-state index contributed by atoms with van der Waals surface area (Å²) in [7, 11) is 1.19. The van der Waals surface area contributed by atoms with Gasteiger partial charge in [-0.25, -0.2) is 14.0 Å². The van der Waals surface area contributed by atoms with Crippen molar-refractivity contribution in [3.05, 3.63) is 40.9 Å². The minimum absolute atomic E-state index is 0.0439. The van der Waals surface area contributed by atoms with E-state index in [-0.39, 0.29) is 28.1 Å². The monoisotopic (exact) mass is 279 g/mol. The number of halogens is 1. The number of rotatable bonds is 3. The average molecular weight is 279 g/mol. The van der Waals surface area contributed by atoms with Crippen molar-refractivity contribution in [2.24, 2.45) is 0 Å². The van der Waals surface area contributed by atoms with Gasteiger partial charge in [0.2, 0.25) is 5.76 Å². The van der Waals surface area contributed by atoms with Crippen LogP contribution in [-0.2, 0) is 4.74 Å². The number of ether oxygens (including phenoxy) is 1. The van der Waals surface area contributed by atoms with Gasteiger partial charge in [-0.2, -0.15) is 0 Å². The van der Waals surface area contributed by atoms with Crippen molar-refractivity contribution in [1.29, 1.82) is 0 Å². The number of hydrogen-bond acceptors (Lipinski definition) is 5. The van der Waals surface area contributed by atoms with Crippen LogP contribution in [0.4, 0.5) is 4.39 Å². The molecule has 1 heterocycles. The molecule has 0 bridgehead atoms. The van der Waals surface area contributed by atoms with E-state index < -0.39 is 17.8 Å². The Morgan fingerprint density at radius 2 is 2.05 bits per heavy atom. The lowest BCUT2D eigenvalue weighted by molar-refractivity contribution is 0.0598. The predicted octanol–water partition coefficient (Wildman–Crippen LogP) is 2.27. The van der Waals surface area contributed by atoms with Gasteiger partial charge in [0.25, 0.3) is 0 Å². The molecule has 0 fully saturated rings. The van der Waals surface area contributed by atoms with E-state index in [0.717, 1.165) is 12.1 Å². The number of benzene rings is 1. The van der Waals surface area contributed by atoms with Crippen molar-refractivity contribution >= 4 is 11.9 Å². The first-order valence-corrected chi connectivity index (χ1v) is 5.53. The third kappa shape index (κ3) is 2.37. The number of aromatic carboxylic acids is 1. The summed E-state index contributed by atoms with van der Waals surface area (Å²) < 4.78 is 23.0. The molecule has 1 aromatic carbocycles. The largest absolute Gasteiger partial charge is 0.475 e. The SMILES string of the molecule is COC(=O)c1cc(-c2cc(C(=O)O)on2)cc(F)c1C. The second kappa shape index (κ2) is 5.12. The van der Waals surface area contributed by atoms with Gasteiger partial charge >= 0.3 is 11.9 Å². The molecule has 104 valence electrons. The lowest BCUT2D eigenvalue weighted by Gasteiger charge is -2.07. The molecule has 0 unspecified atom stereocenters. The minimum atomic E-state index is -1.29. The summed E-state index contributed by atoms with van der Waals surface area (Å²) in [5.74, 6) is -2.97. The molecule has 0 atom stereocenters. The number of esters is 1. The van der Waals surface area contributed by atoms with E-state index in [0.29, 0.717) is 0 Å². The molecule has 0 aliphatic rings. The lowest BCUT2D eigenvalue weighted by atomic mass is 10.0. The Balaban J connectivity index is 2.54. The summed E-state index contributed by atoms with van der Waals surface area (Å²) in [4.78, 5) is 22.3. The molecule has 1 aromatic heterocycles. The minimum Gasteiger partial charge on any atom is -0.475 e. The number of methoxy groups -OCH3 is 1. The van der Waals surface area contributed by atoms with Crippen LogP contribution in [0.25, 0.3) is 11.3 Å². The van der Waals surface area contributed by atoms with Crippen LogP contribution in [0.5, 0.6) is 0 Å². The number of carbonyl (C=O) groups excluding carboxylic acids is 1. The number of carbonyl (C=O) groups is 2. The maximum absolute atomic E-state index is 13.8. The fourth-order valence-electron chi connectivity index (χ4n) is 1.66. The molecule has 6 nitrogen and oxygen atoms in total. The fraction of sp³-hybridized carbons (Fsp3) is 0.154. The van der Waals surface area contributed by atoms with Crippen LogP contribution in [0.1, 0.15) is 26.5 Å². The number of carboxylic acids is 1. The molecule has 0 saturated carbocycles. The highest BCUT2D eigenvalue weighted by atomic mass is 19.1. The van der Waals surface area contributed by atoms with Gasteiger partial charge in [-0.15, -0.1) is 0 Å². The highest BCUT2D eigenvalue weighted by molar-refractivity contribution is 5.93. The topological polar surface area (TPSA) is 89.6 Å². The first-order chi connectivity index (χ1) is 9.43. The van der Waals surface area contributed by atoms with E-state index >= 15 is 0 Å². The number of aromatic nitrogens is 1. The van der Waals surface area contributed by atoms with Gasteiger partial charge in [0.05, 0.1) is 12.7 Å². The standard InChI is InChI=1S/C13H10FNO5/c1-6-8(13(18)19-2)3-7(4-9(6)14)10-5-11(12(16)17)20-15-10/h3-5H,1-2H3,(H,16,17). The van der Waals surface area contributed by atoms with Crippen molar-refractivity contribution in [3.63, 3.8) is 0 Å². The van der Waals surface area contributed by atoms with Crippen molar-refractivity contribution in [2.45, 2.75) is 6.92 Å². The van der Waals surface area contributed by atoms with Gasteiger partial charge in [0, 0.05) is 11.6 Å². The zero-order valence-corrected chi connectivity index (χ0v) is 10.6. The molecule has 20 heavy (non-hydrogen) atoms. The Bertz CT molecular complexity index is 692. The molecular weight excluding hydrogens is 269 g/mol. The molecule has 2 rings (SSSR count). The lowest BCUT2D eigenvalue weighted by Crippen LogP contribution is -2.05. The number of nitrogens with zero attached hydrogens (tertiary/aromatic N) is 1. The summed E-state index contributed by atoms with van der Waals surface area (Å²) in [6, 6.07) is 3.66. The maximum atomic E-state index is 13.8. The van der Waals surface area contributed by atoms with Gasteiger partial charge in [-0.05, 0) is 24.6 Å². The molecule has 0 amide bonds. The highest BCUT2D eigenvalue weighted by Crippen LogP contribution is 2.25. The highest BCUT2D eigenvalue weighted by Gasteiger charge is 2.18. The van der Waals surface area contributed by atoms with Crippen LogP contribution in [-0.4, -0.2) is 29.3 Å². The summed E-state index contributed by atoms with van der Waals surface area (Å²) in [5.41, 5.74) is 0.529. The van der Waals surface area contributed by atoms with Crippen molar-refractivity contribution < 1.29 is 28.3 Å². The van der Waals surface area contributed by atoms with Gasteiger partial charge < -0.3 is 14.4 Å². The molecule has 0 saturated heterocycles. The smallest absolute Gasteiger partial charge is 0.374 e. The van der Waals surface area contributed by atoms with Crippen LogP contribution >= 0.6 is 0 Å². The van der Waals surface area contributed by atoms with Gasteiger partial charge in [0.1, 0.15) is 11.5 Å². The van der Waals surface area contributed by atoms with Gasteiger partial charge in [-0.3, -0.25) is 0 Å². The molecule has 2 aromatic rings. The Kier molecular flexibility index (Phi) is 3.51. The third-order valence-corrected chi connectivity index (χ3v) is 2.77. The third-order valence-electron chi connectivity index (χ3n) is 2.77. The first kappa shape index (κ1) is 13.7. The summed E-state index contributed by atoms with van der Waals surface area (Å²) in [5, 5.41) is 12.3. The zero-order valence-electron chi connectivity index (χ0n) is 10.6. The van der Waals surface area contributed by atoms with E-state index in [1.54, 1.807) is 0 Å². The van der Waals surface area contributed by atoms with Crippen molar-refractivity contribution in [2.75, 3.05) is 7.11 Å². The molecule has 7 heteroatoms. The Labute approximate surface area is 112 Å². The quantitative estimate of drug-likeness (QED) is 0.867. The van der Waals surface area contributed by atoms with E-state index in [1.807, 2.05) is 0 Å². The summed E-state index contributed by atoms with van der Waals surface area (Å²) in [6.45, 7) is 1.44. The van der Waals surface area contributed by atoms with Crippen LogP contribution in [0.3, 0.4) is 0 Å². The second-order valence-electron chi connectivity index (χ2n) is 4.00. The van der Waals surface area contributed by atoms with Crippen LogP contribution in [0.15, 0.2) is 22.7 Å². The molecule has 0 radical (unpaired) electrons. The molecule has 0 aliphatic heterocycles. The Hall–Kier alpha value is -2.70. The summed E-state index contributed by atoms with van der Waals surface area (Å²) >= 11 is 0. The van der Waals surface area contributed by atoms with Gasteiger partial charge in [0.15, 0.2) is 0 Å². The first-order valence-electron chi connectivity index (χ1n) is 5.53. The van der Waals surface area contributed by atoms with Crippen LogP contribution in [0, 0.1) is 12.7 Å². The van der Waals surface area contributed by atoms with E-state index in [1.165, 1.54) is 20.1 Å². The van der Waals surface area contributed by atoms with Gasteiger partial charge in [-0.1, -0.05) is 5.16 Å². The summed E-state index contributed by atoms with van der Waals surface area (Å²) in [6.07, 6.45) is 0. The Morgan fingerprint density at radius 1 is 1.35 bits per heavy atom. The molecule has 1 N–H and O–H groups in total. The Morgan fingerprint density at radius 3 is 2.60 bits per heavy atom. The number of carboxylic acid groups (broad SMARTS) is 1. The molecule has 0 spiro atoms. The normalized spacial score (nSPS) is 10.3. The predicted molar refractivity (Wildman–Crippen MR) is 64.9 cm³/mol. The van der Waals surface area contributed by atoms with E-state index in [9.17, 15) is 14.0 Å². The van der Waals surface area contributed by atoms with Crippen LogP contribution in [0.2, 0.25) is 0 Å². The van der Waals surface area contributed by atoms with Crippen molar-refractivity contribution in [1.82, 2.24) is 5.16 Å². The maximum Gasteiger partial charge on any atom is 0.374 e. The van der Waals surface area contributed by atoms with E-state index in [2.05, 4.69) is 14.4 Å². The second-order valence-corrected chi connectivity index (χ2v) is 4.00. The van der Waals surface area contributed by atoms with Crippen molar-refractivity contribution in [3.8, 4) is 11.3 Å². The molecular formula is C13H10FNO5.